The summed E-state index contributed by atoms with van der Waals surface area (Å²) < 4.78 is 11.0. The summed E-state index contributed by atoms with van der Waals surface area (Å²) in [7, 11) is 0. The molecule has 2 aromatic rings. The number of carbonyl (C=O) groups excluding carboxylic acids is 2. The Morgan fingerprint density at radius 3 is 2.58 bits per heavy atom. The first-order valence-corrected chi connectivity index (χ1v) is 8.77. The van der Waals surface area contributed by atoms with Crippen LogP contribution in [0.25, 0.3) is 0 Å². The number of hydrogen-bond donors (Lipinski definition) is 2. The van der Waals surface area contributed by atoms with E-state index in [-0.39, 0.29) is 11.8 Å². The molecular weight excluding hydrogens is 332 g/mol. The number of fused-ring (bicyclic) bond motifs is 1. The van der Waals surface area contributed by atoms with Crippen molar-refractivity contribution in [1.29, 1.82) is 0 Å². The molecule has 1 aliphatic rings. The van der Waals surface area contributed by atoms with Crippen LogP contribution in [0.5, 0.6) is 11.5 Å². The Kier molecular flexibility index (Phi) is 5.73. The third kappa shape index (κ3) is 4.14. The molecule has 0 fully saturated rings. The van der Waals surface area contributed by atoms with Gasteiger partial charge in [0.15, 0.2) is 11.5 Å². The highest BCUT2D eigenvalue weighted by molar-refractivity contribution is 6.09. The molecule has 2 N–H and O–H groups in total. The van der Waals surface area contributed by atoms with Gasteiger partial charge in [-0.05, 0) is 36.8 Å². The van der Waals surface area contributed by atoms with Crippen LogP contribution in [0.2, 0.25) is 0 Å². The molecule has 0 bridgehead atoms. The fourth-order valence-corrected chi connectivity index (χ4v) is 2.64. The molecule has 6 nitrogen and oxygen atoms in total. The minimum atomic E-state index is -0.309. The van der Waals surface area contributed by atoms with E-state index in [1.165, 1.54) is 0 Å². The zero-order valence-corrected chi connectivity index (χ0v) is 14.7. The highest BCUT2D eigenvalue weighted by atomic mass is 16.6. The normalized spacial score (nSPS) is 12.3. The number of carbonyl (C=O) groups is 2. The molecule has 0 saturated carbocycles. The Morgan fingerprint density at radius 1 is 1.00 bits per heavy atom. The predicted molar refractivity (Wildman–Crippen MR) is 99.1 cm³/mol. The van der Waals surface area contributed by atoms with Gasteiger partial charge >= 0.3 is 0 Å². The first kappa shape index (κ1) is 17.8. The van der Waals surface area contributed by atoms with Gasteiger partial charge in [0, 0.05) is 12.1 Å². The highest BCUT2D eigenvalue weighted by Crippen LogP contribution is 2.31. The van der Waals surface area contributed by atoms with Crippen LogP contribution in [-0.4, -0.2) is 31.6 Å². The van der Waals surface area contributed by atoms with Gasteiger partial charge in [0.2, 0.25) is 0 Å². The van der Waals surface area contributed by atoms with Crippen LogP contribution >= 0.6 is 0 Å². The molecule has 3 rings (SSSR count). The third-order valence-electron chi connectivity index (χ3n) is 4.04. The van der Waals surface area contributed by atoms with E-state index < -0.39 is 0 Å². The number of rotatable bonds is 6. The van der Waals surface area contributed by atoms with Gasteiger partial charge < -0.3 is 20.1 Å². The van der Waals surface area contributed by atoms with Crippen LogP contribution < -0.4 is 20.1 Å². The number of para-hydroxylation sites is 1. The molecule has 2 aromatic carbocycles. The van der Waals surface area contributed by atoms with Gasteiger partial charge in [0.05, 0.1) is 11.3 Å². The van der Waals surface area contributed by atoms with Crippen LogP contribution in [-0.2, 0) is 0 Å². The molecule has 136 valence electrons. The van der Waals surface area contributed by atoms with Crippen molar-refractivity contribution < 1.29 is 19.1 Å². The van der Waals surface area contributed by atoms with Crippen molar-refractivity contribution in [3.8, 4) is 11.5 Å². The van der Waals surface area contributed by atoms with Crippen LogP contribution in [0.3, 0.4) is 0 Å². The zero-order valence-electron chi connectivity index (χ0n) is 14.7. The Morgan fingerprint density at radius 2 is 1.77 bits per heavy atom. The van der Waals surface area contributed by atoms with E-state index in [0.29, 0.717) is 48.1 Å². The topological polar surface area (TPSA) is 76.7 Å². The van der Waals surface area contributed by atoms with Gasteiger partial charge in [-0.2, -0.15) is 0 Å². The standard InChI is InChI=1S/C20H22N2O4/c1-2-3-10-21-20(24)15-6-4-5-7-16(15)22-19(23)14-8-9-17-18(13-14)26-12-11-25-17/h4-9,13H,2-3,10-12H2,1H3,(H,21,24)(H,22,23). The number of benzene rings is 2. The van der Waals surface area contributed by atoms with Crippen molar-refractivity contribution in [3.63, 3.8) is 0 Å². The molecular formula is C20H22N2O4. The second-order valence-electron chi connectivity index (χ2n) is 5.97. The summed E-state index contributed by atoms with van der Waals surface area (Å²) in [5.74, 6) is 0.672. The summed E-state index contributed by atoms with van der Waals surface area (Å²) in [6.07, 6.45) is 1.92. The van der Waals surface area contributed by atoms with E-state index in [0.717, 1.165) is 12.8 Å². The lowest BCUT2D eigenvalue weighted by atomic mass is 10.1. The van der Waals surface area contributed by atoms with E-state index in [2.05, 4.69) is 17.6 Å². The molecule has 0 radical (unpaired) electrons. The van der Waals surface area contributed by atoms with Crippen molar-refractivity contribution in [3.05, 3.63) is 53.6 Å². The SMILES string of the molecule is CCCCNC(=O)c1ccccc1NC(=O)c1ccc2c(c1)OCCO2. The van der Waals surface area contributed by atoms with Gasteiger partial charge in [-0.25, -0.2) is 0 Å². The van der Waals surface area contributed by atoms with Gasteiger partial charge in [-0.1, -0.05) is 25.5 Å². The van der Waals surface area contributed by atoms with E-state index in [1.807, 2.05) is 0 Å². The molecule has 0 unspecified atom stereocenters. The summed E-state index contributed by atoms with van der Waals surface area (Å²) in [5.41, 5.74) is 1.35. The van der Waals surface area contributed by atoms with Crippen molar-refractivity contribution >= 4 is 17.5 Å². The minimum Gasteiger partial charge on any atom is -0.486 e. The number of unbranched alkanes of at least 4 members (excludes halogenated alkanes) is 1. The molecule has 0 saturated heterocycles. The van der Waals surface area contributed by atoms with E-state index in [9.17, 15) is 9.59 Å². The summed E-state index contributed by atoms with van der Waals surface area (Å²) in [5, 5.41) is 5.68. The molecule has 0 aliphatic carbocycles. The Balaban J connectivity index is 1.74. The average molecular weight is 354 g/mol. The van der Waals surface area contributed by atoms with Gasteiger partial charge in [0.25, 0.3) is 11.8 Å². The zero-order chi connectivity index (χ0) is 18.4. The van der Waals surface area contributed by atoms with Crippen molar-refractivity contribution in [2.24, 2.45) is 0 Å². The van der Waals surface area contributed by atoms with E-state index in [4.69, 9.17) is 9.47 Å². The molecule has 2 amide bonds. The summed E-state index contributed by atoms with van der Waals surface area (Å²) in [6, 6.07) is 12.0. The predicted octanol–water partition coefficient (Wildman–Crippen LogP) is 3.24. The van der Waals surface area contributed by atoms with Crippen molar-refractivity contribution in [2.45, 2.75) is 19.8 Å². The van der Waals surface area contributed by atoms with Crippen molar-refractivity contribution in [2.75, 3.05) is 25.1 Å². The Bertz CT molecular complexity index is 804. The minimum absolute atomic E-state index is 0.198. The molecule has 26 heavy (non-hydrogen) atoms. The van der Waals surface area contributed by atoms with Gasteiger partial charge in [0.1, 0.15) is 13.2 Å². The average Bonchev–Trinajstić information content (AvgIpc) is 2.68. The lowest BCUT2D eigenvalue weighted by Crippen LogP contribution is -2.26. The maximum atomic E-state index is 12.6. The maximum Gasteiger partial charge on any atom is 0.255 e. The first-order valence-electron chi connectivity index (χ1n) is 8.77. The molecule has 1 aliphatic heterocycles. The largest absolute Gasteiger partial charge is 0.486 e. The summed E-state index contributed by atoms with van der Waals surface area (Å²) in [6.45, 7) is 3.63. The summed E-state index contributed by atoms with van der Waals surface area (Å²) >= 11 is 0. The van der Waals surface area contributed by atoms with Crippen LogP contribution in [0.15, 0.2) is 42.5 Å². The number of nitrogens with one attached hydrogen (secondary N) is 2. The molecule has 0 atom stereocenters. The summed E-state index contributed by atoms with van der Waals surface area (Å²) in [4.78, 5) is 24.9. The van der Waals surface area contributed by atoms with Crippen LogP contribution in [0.1, 0.15) is 40.5 Å². The Labute approximate surface area is 152 Å². The first-order chi connectivity index (χ1) is 12.7. The van der Waals surface area contributed by atoms with Gasteiger partial charge in [-0.3, -0.25) is 9.59 Å². The van der Waals surface area contributed by atoms with E-state index >= 15 is 0 Å². The number of ether oxygens (including phenoxy) is 2. The number of amides is 2. The highest BCUT2D eigenvalue weighted by Gasteiger charge is 2.17. The number of anilines is 1. The second-order valence-corrected chi connectivity index (χ2v) is 5.97. The molecule has 0 aromatic heterocycles. The third-order valence-corrected chi connectivity index (χ3v) is 4.04. The lowest BCUT2D eigenvalue weighted by Gasteiger charge is -2.19. The Hall–Kier alpha value is -3.02. The smallest absolute Gasteiger partial charge is 0.255 e. The fourth-order valence-electron chi connectivity index (χ4n) is 2.64. The van der Waals surface area contributed by atoms with Crippen LogP contribution in [0, 0.1) is 0 Å². The van der Waals surface area contributed by atoms with Crippen molar-refractivity contribution in [1.82, 2.24) is 5.32 Å². The number of hydrogen-bond acceptors (Lipinski definition) is 4. The molecule has 6 heteroatoms. The lowest BCUT2D eigenvalue weighted by molar-refractivity contribution is 0.0954. The molecule has 0 spiro atoms. The molecule has 1 heterocycles. The second kappa shape index (κ2) is 8.38. The van der Waals surface area contributed by atoms with E-state index in [1.54, 1.807) is 42.5 Å². The maximum absolute atomic E-state index is 12.6. The van der Waals surface area contributed by atoms with Gasteiger partial charge in [-0.15, -0.1) is 0 Å². The fraction of sp³-hybridized carbons (Fsp3) is 0.300. The van der Waals surface area contributed by atoms with Crippen LogP contribution in [0.4, 0.5) is 5.69 Å². The monoisotopic (exact) mass is 354 g/mol. The quantitative estimate of drug-likeness (QED) is 0.781.